The fourth-order valence-corrected chi connectivity index (χ4v) is 2.91. The van der Waals surface area contributed by atoms with Crippen LogP contribution in [0.3, 0.4) is 0 Å². The second-order valence-electron chi connectivity index (χ2n) is 6.65. The first-order valence-corrected chi connectivity index (χ1v) is 8.73. The topological polar surface area (TPSA) is 89.2 Å². The number of hydrogen-bond donors (Lipinski definition) is 1. The first-order chi connectivity index (χ1) is 14.1. The molecule has 10 heteroatoms. The van der Waals surface area contributed by atoms with Gasteiger partial charge in [-0.15, -0.1) is 13.2 Å². The fraction of sp³-hybridized carbons (Fsp3) is 0.250. The maximum Gasteiger partial charge on any atom is 0.573 e. The van der Waals surface area contributed by atoms with Crippen LogP contribution in [-0.4, -0.2) is 34.7 Å². The number of rotatable bonds is 6. The van der Waals surface area contributed by atoms with Crippen LogP contribution < -0.4 is 14.8 Å². The summed E-state index contributed by atoms with van der Waals surface area (Å²) >= 11 is 0. The van der Waals surface area contributed by atoms with Crippen LogP contribution in [0.15, 0.2) is 48.5 Å². The number of halogens is 3. The molecule has 0 aliphatic heterocycles. The normalized spacial score (nSPS) is 13.3. The largest absolute Gasteiger partial charge is 0.573 e. The van der Waals surface area contributed by atoms with Crippen LogP contribution in [0.1, 0.15) is 17.3 Å². The molecule has 1 aromatic heterocycles. The van der Waals surface area contributed by atoms with Crippen molar-refractivity contribution in [1.82, 2.24) is 15.1 Å². The van der Waals surface area contributed by atoms with Crippen molar-refractivity contribution in [3.63, 3.8) is 0 Å². The van der Waals surface area contributed by atoms with E-state index in [0.717, 1.165) is 17.5 Å². The van der Waals surface area contributed by atoms with Gasteiger partial charge in [0.15, 0.2) is 0 Å². The standard InChI is InChI=1S/C20H17F3N4O3/c1-19(11-24,12-27-18(29-2)15-5-3-4-6-16(15)26-27)25-17(28)13-7-9-14(10-8-13)30-20(21,22)23/h3-10H,12H2,1-2H3,(H,25,28). The number of nitrogens with zero attached hydrogens (tertiary/aromatic N) is 3. The van der Waals surface area contributed by atoms with Crippen molar-refractivity contribution in [1.29, 1.82) is 5.26 Å². The van der Waals surface area contributed by atoms with E-state index >= 15 is 0 Å². The van der Waals surface area contributed by atoms with Gasteiger partial charge in [-0.2, -0.15) is 10.4 Å². The van der Waals surface area contributed by atoms with E-state index < -0.39 is 23.6 Å². The molecule has 0 aliphatic rings. The van der Waals surface area contributed by atoms with E-state index in [4.69, 9.17) is 4.74 Å². The van der Waals surface area contributed by atoms with Gasteiger partial charge < -0.3 is 14.8 Å². The van der Waals surface area contributed by atoms with Crippen LogP contribution in [-0.2, 0) is 6.54 Å². The summed E-state index contributed by atoms with van der Waals surface area (Å²) in [6, 6.07) is 13.7. The summed E-state index contributed by atoms with van der Waals surface area (Å²) in [7, 11) is 1.48. The van der Waals surface area contributed by atoms with E-state index in [-0.39, 0.29) is 12.1 Å². The molecule has 1 unspecified atom stereocenters. The number of hydrogen-bond acceptors (Lipinski definition) is 5. The number of aromatic nitrogens is 2. The smallest absolute Gasteiger partial charge is 0.481 e. The Hall–Kier alpha value is -3.74. The van der Waals surface area contributed by atoms with Crippen LogP contribution in [0.5, 0.6) is 11.6 Å². The molecule has 156 valence electrons. The maximum absolute atomic E-state index is 12.5. The molecule has 0 radical (unpaired) electrons. The number of fused-ring (bicyclic) bond motifs is 1. The highest BCUT2D eigenvalue weighted by atomic mass is 19.4. The quantitative estimate of drug-likeness (QED) is 0.660. The summed E-state index contributed by atoms with van der Waals surface area (Å²) in [6.45, 7) is 1.50. The van der Waals surface area contributed by atoms with Crippen molar-refractivity contribution in [2.45, 2.75) is 25.4 Å². The van der Waals surface area contributed by atoms with E-state index in [1.54, 1.807) is 6.07 Å². The van der Waals surface area contributed by atoms with Crippen LogP contribution in [0.2, 0.25) is 0 Å². The van der Waals surface area contributed by atoms with Crippen molar-refractivity contribution in [3.8, 4) is 17.7 Å². The molecule has 1 N–H and O–H groups in total. The Balaban J connectivity index is 1.79. The maximum atomic E-state index is 12.5. The summed E-state index contributed by atoms with van der Waals surface area (Å²) < 4.78 is 47.4. The molecule has 0 spiro atoms. The molecule has 0 saturated heterocycles. The zero-order chi connectivity index (χ0) is 21.9. The Kier molecular flexibility index (Phi) is 5.56. The van der Waals surface area contributed by atoms with Crippen molar-refractivity contribution in [3.05, 3.63) is 54.1 Å². The Morgan fingerprint density at radius 1 is 1.20 bits per heavy atom. The van der Waals surface area contributed by atoms with Crippen LogP contribution in [0, 0.1) is 11.3 Å². The third-order valence-corrected chi connectivity index (χ3v) is 4.24. The minimum atomic E-state index is -4.82. The number of carbonyl (C=O) groups is 1. The molecule has 1 atom stereocenters. The number of methoxy groups -OCH3 is 1. The van der Waals surface area contributed by atoms with Crippen molar-refractivity contribution < 1.29 is 27.4 Å². The van der Waals surface area contributed by atoms with Gasteiger partial charge in [0.25, 0.3) is 5.91 Å². The molecule has 0 aliphatic carbocycles. The highest BCUT2D eigenvalue weighted by Gasteiger charge is 2.32. The molecule has 1 amide bonds. The fourth-order valence-electron chi connectivity index (χ4n) is 2.91. The lowest BCUT2D eigenvalue weighted by atomic mass is 10.0. The van der Waals surface area contributed by atoms with Gasteiger partial charge >= 0.3 is 6.36 Å². The van der Waals surface area contributed by atoms with Crippen molar-refractivity contribution >= 4 is 16.8 Å². The first-order valence-electron chi connectivity index (χ1n) is 8.73. The average molecular weight is 418 g/mol. The van der Waals surface area contributed by atoms with Gasteiger partial charge in [-0.25, -0.2) is 4.68 Å². The molecular weight excluding hydrogens is 401 g/mol. The molecule has 0 bridgehead atoms. The Bertz CT molecular complexity index is 1100. The summed E-state index contributed by atoms with van der Waals surface area (Å²) in [5, 5.41) is 17.4. The molecule has 2 aromatic carbocycles. The molecule has 0 fully saturated rings. The zero-order valence-electron chi connectivity index (χ0n) is 16.0. The third-order valence-electron chi connectivity index (χ3n) is 4.24. The average Bonchev–Trinajstić information content (AvgIpc) is 3.03. The van der Waals surface area contributed by atoms with E-state index in [1.807, 2.05) is 24.3 Å². The molecule has 30 heavy (non-hydrogen) atoms. The van der Waals surface area contributed by atoms with E-state index in [1.165, 1.54) is 30.8 Å². The third kappa shape index (κ3) is 4.63. The number of amides is 1. The monoisotopic (exact) mass is 418 g/mol. The van der Waals surface area contributed by atoms with Crippen LogP contribution >= 0.6 is 0 Å². The molecular formula is C20H17F3N4O3. The molecule has 1 heterocycles. The van der Waals surface area contributed by atoms with Crippen LogP contribution in [0.4, 0.5) is 13.2 Å². The summed E-state index contributed by atoms with van der Waals surface area (Å²) in [5.41, 5.74) is -0.627. The van der Waals surface area contributed by atoms with Crippen LogP contribution in [0.25, 0.3) is 10.9 Å². The lowest BCUT2D eigenvalue weighted by molar-refractivity contribution is -0.274. The number of ether oxygens (including phenoxy) is 2. The lowest BCUT2D eigenvalue weighted by Gasteiger charge is -2.24. The predicted octanol–water partition coefficient (Wildman–Crippen LogP) is 3.66. The summed E-state index contributed by atoms with van der Waals surface area (Å²) in [5.74, 6) is -0.640. The second kappa shape index (κ2) is 7.94. The van der Waals surface area contributed by atoms with Gasteiger partial charge in [-0.05, 0) is 43.3 Å². The first kappa shape index (κ1) is 21.0. The lowest BCUT2D eigenvalue weighted by Crippen LogP contribution is -2.48. The predicted molar refractivity (Wildman–Crippen MR) is 101 cm³/mol. The number of nitrogens with one attached hydrogen (secondary N) is 1. The Labute approximate surface area is 169 Å². The van der Waals surface area contributed by atoms with Gasteiger partial charge in [0.05, 0.1) is 30.6 Å². The SMILES string of the molecule is COc1c2ccccc2nn1CC(C)(C#N)NC(=O)c1ccc(OC(F)(F)F)cc1. The number of alkyl halides is 3. The van der Waals surface area contributed by atoms with Crippen molar-refractivity contribution in [2.75, 3.05) is 7.11 Å². The van der Waals surface area contributed by atoms with Gasteiger partial charge in [0.1, 0.15) is 11.3 Å². The molecule has 0 saturated carbocycles. The number of benzene rings is 2. The highest BCUT2D eigenvalue weighted by Crippen LogP contribution is 2.27. The molecule has 3 aromatic rings. The number of carbonyl (C=O) groups excluding carboxylic acids is 1. The highest BCUT2D eigenvalue weighted by molar-refractivity contribution is 5.95. The summed E-state index contributed by atoms with van der Waals surface area (Å²) in [6.07, 6.45) is -4.82. The molecule has 3 rings (SSSR count). The zero-order valence-corrected chi connectivity index (χ0v) is 16.0. The minimum Gasteiger partial charge on any atom is -0.481 e. The van der Waals surface area contributed by atoms with Gasteiger partial charge in [0.2, 0.25) is 5.88 Å². The Morgan fingerprint density at radius 2 is 1.87 bits per heavy atom. The number of nitriles is 1. The minimum absolute atomic E-state index is 0.0115. The second-order valence-corrected chi connectivity index (χ2v) is 6.65. The van der Waals surface area contributed by atoms with Gasteiger partial charge in [0, 0.05) is 5.56 Å². The Morgan fingerprint density at radius 3 is 2.47 bits per heavy atom. The van der Waals surface area contributed by atoms with Gasteiger partial charge in [-0.3, -0.25) is 4.79 Å². The van der Waals surface area contributed by atoms with E-state index in [0.29, 0.717) is 11.4 Å². The van der Waals surface area contributed by atoms with Gasteiger partial charge in [-0.1, -0.05) is 12.1 Å². The van der Waals surface area contributed by atoms with Crippen molar-refractivity contribution in [2.24, 2.45) is 0 Å². The summed E-state index contributed by atoms with van der Waals surface area (Å²) in [4.78, 5) is 12.5. The molecule has 7 nitrogen and oxygen atoms in total. The van der Waals surface area contributed by atoms with E-state index in [2.05, 4.69) is 15.2 Å². The van der Waals surface area contributed by atoms with E-state index in [9.17, 15) is 23.2 Å².